The SMILES string of the molecule is C[C@@H](Sc1nnc([C@H](C)[NH+](C)C)n1-c1ccc(F)cc1)c1ccccc1Cl. The number of nitrogens with zero attached hydrogens (tertiary/aromatic N) is 3. The topological polar surface area (TPSA) is 35.2 Å². The number of hydrogen-bond acceptors (Lipinski definition) is 3. The van der Waals surface area contributed by atoms with E-state index in [4.69, 9.17) is 11.6 Å². The zero-order valence-corrected chi connectivity index (χ0v) is 17.4. The summed E-state index contributed by atoms with van der Waals surface area (Å²) in [4.78, 5) is 1.24. The van der Waals surface area contributed by atoms with Crippen LogP contribution in [0.2, 0.25) is 5.02 Å². The van der Waals surface area contributed by atoms with Crippen LogP contribution in [0.25, 0.3) is 5.69 Å². The van der Waals surface area contributed by atoms with Crippen LogP contribution < -0.4 is 4.90 Å². The van der Waals surface area contributed by atoms with Crippen LogP contribution in [0, 0.1) is 5.82 Å². The van der Waals surface area contributed by atoms with Gasteiger partial charge >= 0.3 is 0 Å². The number of thioether (sulfide) groups is 1. The van der Waals surface area contributed by atoms with E-state index in [9.17, 15) is 4.39 Å². The second-order valence-corrected chi connectivity index (χ2v) is 8.45. The number of quaternary nitrogens is 1. The first-order valence-corrected chi connectivity index (χ1v) is 10.1. The van der Waals surface area contributed by atoms with Crippen LogP contribution in [0.4, 0.5) is 4.39 Å². The molecule has 0 saturated heterocycles. The highest BCUT2D eigenvalue weighted by Crippen LogP contribution is 2.38. The Morgan fingerprint density at radius 3 is 2.33 bits per heavy atom. The lowest BCUT2D eigenvalue weighted by Crippen LogP contribution is -3.05. The number of nitrogens with one attached hydrogen (secondary N) is 1. The summed E-state index contributed by atoms with van der Waals surface area (Å²) in [6.45, 7) is 4.20. The van der Waals surface area contributed by atoms with Crippen LogP contribution in [0.15, 0.2) is 53.7 Å². The van der Waals surface area contributed by atoms with E-state index in [2.05, 4.69) is 38.1 Å². The maximum Gasteiger partial charge on any atom is 0.196 e. The molecule has 2 atom stereocenters. The van der Waals surface area contributed by atoms with E-state index < -0.39 is 0 Å². The number of aromatic nitrogens is 3. The second-order valence-electron chi connectivity index (χ2n) is 6.73. The van der Waals surface area contributed by atoms with Gasteiger partial charge in [0.15, 0.2) is 11.0 Å². The maximum atomic E-state index is 13.4. The molecule has 1 heterocycles. The molecule has 0 spiro atoms. The zero-order valence-electron chi connectivity index (χ0n) is 15.8. The van der Waals surface area contributed by atoms with Crippen LogP contribution in [0.1, 0.15) is 36.5 Å². The minimum atomic E-state index is -0.265. The molecule has 4 nitrogen and oxygen atoms in total. The quantitative estimate of drug-likeness (QED) is 0.626. The molecule has 0 aliphatic carbocycles. The highest BCUT2D eigenvalue weighted by molar-refractivity contribution is 7.99. The van der Waals surface area contributed by atoms with E-state index in [1.54, 1.807) is 23.9 Å². The summed E-state index contributed by atoms with van der Waals surface area (Å²) in [6.07, 6.45) is 0. The third kappa shape index (κ3) is 4.34. The van der Waals surface area contributed by atoms with Crippen molar-refractivity contribution in [3.05, 3.63) is 70.8 Å². The van der Waals surface area contributed by atoms with Crippen molar-refractivity contribution in [1.29, 1.82) is 0 Å². The average molecular weight is 406 g/mol. The molecular formula is C20H23ClFN4S+. The van der Waals surface area contributed by atoms with Gasteiger partial charge in [-0.1, -0.05) is 41.6 Å². The maximum absolute atomic E-state index is 13.4. The van der Waals surface area contributed by atoms with Gasteiger partial charge in [-0.3, -0.25) is 4.57 Å². The van der Waals surface area contributed by atoms with Crippen molar-refractivity contribution in [1.82, 2.24) is 14.8 Å². The molecule has 3 aromatic rings. The molecule has 1 aromatic heterocycles. The lowest BCUT2D eigenvalue weighted by Gasteiger charge is -2.19. The first kappa shape index (κ1) is 19.9. The molecule has 0 aliphatic heterocycles. The lowest BCUT2D eigenvalue weighted by molar-refractivity contribution is -0.890. The number of benzene rings is 2. The van der Waals surface area contributed by atoms with Crippen LogP contribution in [0.3, 0.4) is 0 Å². The van der Waals surface area contributed by atoms with E-state index >= 15 is 0 Å². The molecule has 0 fully saturated rings. The van der Waals surface area contributed by atoms with Gasteiger partial charge in [0, 0.05) is 16.0 Å². The molecule has 0 radical (unpaired) electrons. The van der Waals surface area contributed by atoms with Crippen LogP contribution >= 0.6 is 23.4 Å². The molecule has 1 N–H and O–H groups in total. The number of hydrogen-bond donors (Lipinski definition) is 1. The van der Waals surface area contributed by atoms with Gasteiger partial charge in [-0.25, -0.2) is 4.39 Å². The standard InChI is InChI=1S/C20H22ClFN4S/c1-13(25(3)4)19-23-24-20(26(19)16-11-9-15(22)10-12-16)27-14(2)17-7-5-6-8-18(17)21/h5-14H,1-4H3/p+1/t13-,14+/m0/s1. The third-order valence-electron chi connectivity index (χ3n) is 4.62. The highest BCUT2D eigenvalue weighted by atomic mass is 35.5. The largest absolute Gasteiger partial charge is 0.331 e. The summed E-state index contributed by atoms with van der Waals surface area (Å²) in [5.41, 5.74) is 1.89. The van der Waals surface area contributed by atoms with Crippen molar-refractivity contribution in [2.24, 2.45) is 0 Å². The Balaban J connectivity index is 2.02. The Hall–Kier alpha value is -1.89. The molecule has 27 heavy (non-hydrogen) atoms. The molecule has 0 unspecified atom stereocenters. The minimum absolute atomic E-state index is 0.0944. The molecule has 7 heteroatoms. The van der Waals surface area contributed by atoms with Crippen molar-refractivity contribution in [3.63, 3.8) is 0 Å². The summed E-state index contributed by atoms with van der Waals surface area (Å²) in [6, 6.07) is 14.4. The third-order valence-corrected chi connectivity index (χ3v) is 6.05. The van der Waals surface area contributed by atoms with Gasteiger partial charge < -0.3 is 4.90 Å². The smallest absolute Gasteiger partial charge is 0.196 e. The number of rotatable bonds is 6. The predicted octanol–water partition coefficient (Wildman–Crippen LogP) is 4.12. The number of halogens is 2. The Labute approximate surface area is 168 Å². The van der Waals surface area contributed by atoms with E-state index in [1.807, 2.05) is 28.8 Å². The van der Waals surface area contributed by atoms with Crippen LogP contribution in [0.5, 0.6) is 0 Å². The summed E-state index contributed by atoms with van der Waals surface area (Å²) >= 11 is 7.94. The normalized spacial score (nSPS) is 13.7. The lowest BCUT2D eigenvalue weighted by atomic mass is 10.2. The van der Waals surface area contributed by atoms with Crippen LogP contribution in [-0.2, 0) is 0 Å². The summed E-state index contributed by atoms with van der Waals surface area (Å²) in [5, 5.41) is 10.5. The average Bonchev–Trinajstić information content (AvgIpc) is 3.05. The monoisotopic (exact) mass is 405 g/mol. The second kappa shape index (κ2) is 8.42. The van der Waals surface area contributed by atoms with Gasteiger partial charge in [0.2, 0.25) is 0 Å². The first-order chi connectivity index (χ1) is 12.9. The molecule has 0 aliphatic rings. The fraction of sp³-hybridized carbons (Fsp3) is 0.300. The van der Waals surface area contributed by atoms with Crippen LogP contribution in [-0.4, -0.2) is 28.9 Å². The van der Waals surface area contributed by atoms with Gasteiger partial charge in [-0.15, -0.1) is 10.2 Å². The molecule has 0 amide bonds. The predicted molar refractivity (Wildman–Crippen MR) is 108 cm³/mol. The highest BCUT2D eigenvalue weighted by Gasteiger charge is 2.25. The molecule has 2 aromatic carbocycles. The summed E-state index contributed by atoms with van der Waals surface area (Å²) in [7, 11) is 4.15. The van der Waals surface area contributed by atoms with Crippen molar-refractivity contribution >= 4 is 23.4 Å². The molecule has 3 rings (SSSR count). The summed E-state index contributed by atoms with van der Waals surface area (Å²) < 4.78 is 15.4. The van der Waals surface area contributed by atoms with Crippen molar-refractivity contribution < 1.29 is 9.29 Å². The first-order valence-electron chi connectivity index (χ1n) is 8.81. The Morgan fingerprint density at radius 1 is 1.04 bits per heavy atom. The van der Waals surface area contributed by atoms with Gasteiger partial charge in [0.1, 0.15) is 11.9 Å². The van der Waals surface area contributed by atoms with Crippen molar-refractivity contribution in [3.8, 4) is 5.69 Å². The molecule has 0 saturated carbocycles. The van der Waals surface area contributed by atoms with E-state index in [0.29, 0.717) is 0 Å². The minimum Gasteiger partial charge on any atom is -0.331 e. The fourth-order valence-electron chi connectivity index (χ4n) is 2.76. The fourth-order valence-corrected chi connectivity index (χ4v) is 4.16. The Morgan fingerprint density at radius 2 is 1.70 bits per heavy atom. The molecular weight excluding hydrogens is 383 g/mol. The van der Waals surface area contributed by atoms with E-state index in [-0.39, 0.29) is 17.1 Å². The Kier molecular flexibility index (Phi) is 6.19. The van der Waals surface area contributed by atoms with E-state index in [1.165, 1.54) is 17.0 Å². The molecule has 142 valence electrons. The zero-order chi connectivity index (χ0) is 19.6. The van der Waals surface area contributed by atoms with Gasteiger partial charge in [-0.2, -0.15) is 0 Å². The van der Waals surface area contributed by atoms with Crippen molar-refractivity contribution in [2.45, 2.75) is 30.3 Å². The summed E-state index contributed by atoms with van der Waals surface area (Å²) in [5.74, 6) is 0.578. The Bertz CT molecular complexity index is 911. The van der Waals surface area contributed by atoms with Gasteiger partial charge in [0.25, 0.3) is 0 Å². The van der Waals surface area contributed by atoms with Gasteiger partial charge in [-0.05, 0) is 49.7 Å². The van der Waals surface area contributed by atoms with E-state index in [0.717, 1.165) is 27.3 Å². The van der Waals surface area contributed by atoms with Gasteiger partial charge in [0.05, 0.1) is 14.1 Å². The molecule has 0 bridgehead atoms. The van der Waals surface area contributed by atoms with Crippen molar-refractivity contribution in [2.75, 3.05) is 14.1 Å².